The average Bonchev–Trinajstić information content (AvgIpc) is 2.79. The van der Waals surface area contributed by atoms with Gasteiger partial charge in [-0.15, -0.1) is 11.3 Å². The molecule has 2 amide bonds. The van der Waals surface area contributed by atoms with Crippen LogP contribution >= 0.6 is 11.3 Å². The van der Waals surface area contributed by atoms with Crippen molar-refractivity contribution in [1.82, 2.24) is 10.2 Å². The van der Waals surface area contributed by atoms with Crippen LogP contribution in [0.3, 0.4) is 0 Å². The molecule has 0 radical (unpaired) electrons. The summed E-state index contributed by atoms with van der Waals surface area (Å²) in [5.74, 6) is 0.0160. The van der Waals surface area contributed by atoms with Gasteiger partial charge in [0, 0.05) is 9.75 Å². The van der Waals surface area contributed by atoms with Crippen molar-refractivity contribution in [2.45, 2.75) is 52.2 Å². The Hall–Kier alpha value is -1.36. The lowest BCUT2D eigenvalue weighted by Crippen LogP contribution is -2.62. The predicted molar refractivity (Wildman–Crippen MR) is 75.9 cm³/mol. The lowest BCUT2D eigenvalue weighted by Gasteiger charge is -2.38. The van der Waals surface area contributed by atoms with Crippen LogP contribution in [0.25, 0.3) is 0 Å². The topological polar surface area (TPSA) is 49.4 Å². The normalized spacial score (nSPS) is 23.6. The highest BCUT2D eigenvalue weighted by molar-refractivity contribution is 7.11. The van der Waals surface area contributed by atoms with E-state index >= 15 is 0 Å². The zero-order valence-electron chi connectivity index (χ0n) is 11.6. The van der Waals surface area contributed by atoms with Gasteiger partial charge in [0.25, 0.3) is 0 Å². The van der Waals surface area contributed by atoms with Gasteiger partial charge in [-0.2, -0.15) is 0 Å². The number of nitrogens with zero attached hydrogens (tertiary/aromatic N) is 1. The van der Waals surface area contributed by atoms with Crippen LogP contribution in [0, 0.1) is 6.92 Å². The van der Waals surface area contributed by atoms with Crippen LogP contribution in [0.5, 0.6) is 0 Å². The second kappa shape index (κ2) is 5.74. The average molecular weight is 280 g/mol. The van der Waals surface area contributed by atoms with Gasteiger partial charge in [0.15, 0.2) is 0 Å². The van der Waals surface area contributed by atoms with Crippen LogP contribution in [0.1, 0.15) is 36.4 Å². The Morgan fingerprint density at radius 3 is 2.53 bits per heavy atom. The number of piperazine rings is 1. The molecule has 0 aromatic carbocycles. The summed E-state index contributed by atoms with van der Waals surface area (Å²) in [6.07, 6.45) is 1.29. The van der Waals surface area contributed by atoms with Crippen LogP contribution in [-0.4, -0.2) is 28.8 Å². The van der Waals surface area contributed by atoms with Crippen LogP contribution in [0.15, 0.2) is 12.1 Å². The first-order valence-electron chi connectivity index (χ1n) is 6.73. The van der Waals surface area contributed by atoms with Gasteiger partial charge in [0.2, 0.25) is 11.8 Å². The van der Waals surface area contributed by atoms with E-state index in [1.165, 1.54) is 4.88 Å². The maximum Gasteiger partial charge on any atom is 0.246 e. The van der Waals surface area contributed by atoms with Crippen LogP contribution in [0.2, 0.25) is 0 Å². The highest BCUT2D eigenvalue weighted by Gasteiger charge is 2.38. The van der Waals surface area contributed by atoms with Crippen molar-refractivity contribution in [3.8, 4) is 0 Å². The van der Waals surface area contributed by atoms with Gasteiger partial charge < -0.3 is 10.2 Å². The molecule has 0 saturated carbocycles. The third-order valence-corrected chi connectivity index (χ3v) is 4.48. The molecule has 1 aliphatic heterocycles. The summed E-state index contributed by atoms with van der Waals surface area (Å²) in [5, 5.41) is 2.81. The first kappa shape index (κ1) is 14.1. The minimum absolute atomic E-state index is 0.0257. The van der Waals surface area contributed by atoms with Gasteiger partial charge in [0.05, 0.1) is 6.54 Å². The Morgan fingerprint density at radius 1 is 1.26 bits per heavy atom. The fourth-order valence-corrected chi connectivity index (χ4v) is 3.32. The van der Waals surface area contributed by atoms with Gasteiger partial charge in [-0.3, -0.25) is 9.59 Å². The predicted octanol–water partition coefficient (Wildman–Crippen LogP) is 2.07. The zero-order valence-corrected chi connectivity index (χ0v) is 12.4. The van der Waals surface area contributed by atoms with Gasteiger partial charge in [-0.1, -0.05) is 13.8 Å². The SMILES string of the molecule is CCC1NC(=O)C(CC)N(Cc2ccc(C)s2)C1=O. The largest absolute Gasteiger partial charge is 0.343 e. The van der Waals surface area contributed by atoms with E-state index in [0.717, 1.165) is 4.88 Å². The maximum atomic E-state index is 12.4. The first-order valence-corrected chi connectivity index (χ1v) is 7.54. The molecule has 19 heavy (non-hydrogen) atoms. The highest BCUT2D eigenvalue weighted by atomic mass is 32.1. The number of nitrogens with one attached hydrogen (secondary N) is 1. The highest BCUT2D eigenvalue weighted by Crippen LogP contribution is 2.22. The van der Waals surface area contributed by atoms with Gasteiger partial charge in [-0.05, 0) is 31.9 Å². The van der Waals surface area contributed by atoms with E-state index in [4.69, 9.17) is 0 Å². The molecular weight excluding hydrogens is 260 g/mol. The van der Waals surface area contributed by atoms with Crippen molar-refractivity contribution < 1.29 is 9.59 Å². The minimum Gasteiger partial charge on any atom is -0.343 e. The molecule has 1 aliphatic rings. The number of thiophene rings is 1. The third kappa shape index (κ3) is 2.81. The number of aryl methyl sites for hydroxylation is 1. The monoisotopic (exact) mass is 280 g/mol. The molecule has 2 heterocycles. The number of hydrogen-bond donors (Lipinski definition) is 1. The standard InChI is InChI=1S/C14H20N2O2S/c1-4-11-14(18)16(12(5-2)13(17)15-11)8-10-7-6-9(3)19-10/h6-7,11-12H,4-5,8H2,1-3H3,(H,15,17). The molecule has 0 spiro atoms. The Morgan fingerprint density at radius 2 is 2.00 bits per heavy atom. The summed E-state index contributed by atoms with van der Waals surface area (Å²) in [6, 6.07) is 3.38. The number of amides is 2. The first-order chi connectivity index (χ1) is 9.06. The molecule has 1 saturated heterocycles. The minimum atomic E-state index is -0.364. The molecule has 0 aliphatic carbocycles. The summed E-state index contributed by atoms with van der Waals surface area (Å²) in [5.41, 5.74) is 0. The molecule has 5 heteroatoms. The number of rotatable bonds is 4. The van der Waals surface area contributed by atoms with Crippen molar-refractivity contribution in [3.05, 3.63) is 21.9 Å². The van der Waals surface area contributed by atoms with E-state index in [1.807, 2.05) is 32.9 Å². The third-order valence-electron chi connectivity index (χ3n) is 3.49. The Bertz CT molecular complexity index is 484. The summed E-state index contributed by atoms with van der Waals surface area (Å²) in [6.45, 7) is 6.45. The van der Waals surface area contributed by atoms with Crippen LogP contribution in [0.4, 0.5) is 0 Å². The molecule has 104 valence electrons. The van der Waals surface area contributed by atoms with Crippen molar-refractivity contribution in [3.63, 3.8) is 0 Å². The van der Waals surface area contributed by atoms with E-state index in [-0.39, 0.29) is 23.9 Å². The van der Waals surface area contributed by atoms with E-state index in [0.29, 0.717) is 19.4 Å². The fraction of sp³-hybridized carbons (Fsp3) is 0.571. The van der Waals surface area contributed by atoms with Crippen molar-refractivity contribution in [2.75, 3.05) is 0 Å². The fourth-order valence-electron chi connectivity index (χ4n) is 2.43. The summed E-state index contributed by atoms with van der Waals surface area (Å²) in [4.78, 5) is 28.5. The summed E-state index contributed by atoms with van der Waals surface area (Å²) < 4.78 is 0. The van der Waals surface area contributed by atoms with Crippen LogP contribution < -0.4 is 5.32 Å². The second-order valence-corrected chi connectivity index (χ2v) is 6.24. The molecule has 0 bridgehead atoms. The molecule has 4 nitrogen and oxygen atoms in total. The number of carbonyl (C=O) groups excluding carboxylic acids is 2. The molecule has 2 unspecified atom stereocenters. The van der Waals surface area contributed by atoms with E-state index in [1.54, 1.807) is 16.2 Å². The van der Waals surface area contributed by atoms with Gasteiger partial charge in [-0.25, -0.2) is 0 Å². The van der Waals surface area contributed by atoms with Crippen molar-refractivity contribution in [2.24, 2.45) is 0 Å². The maximum absolute atomic E-state index is 12.4. The quantitative estimate of drug-likeness (QED) is 0.918. The zero-order chi connectivity index (χ0) is 14.0. The van der Waals surface area contributed by atoms with E-state index < -0.39 is 0 Å². The lowest BCUT2D eigenvalue weighted by molar-refractivity contribution is -0.150. The van der Waals surface area contributed by atoms with Gasteiger partial charge >= 0.3 is 0 Å². The molecule has 2 atom stereocenters. The second-order valence-electron chi connectivity index (χ2n) is 4.87. The molecular formula is C14H20N2O2S. The Balaban J connectivity index is 2.21. The molecule has 1 fully saturated rings. The smallest absolute Gasteiger partial charge is 0.246 e. The summed E-state index contributed by atoms with van der Waals surface area (Å²) >= 11 is 1.68. The number of hydrogen-bond acceptors (Lipinski definition) is 3. The molecule has 2 rings (SSSR count). The summed E-state index contributed by atoms with van der Waals surface area (Å²) in [7, 11) is 0. The molecule has 1 aromatic heterocycles. The Kier molecular flexibility index (Phi) is 4.24. The van der Waals surface area contributed by atoms with E-state index in [9.17, 15) is 9.59 Å². The Labute approximate surface area is 117 Å². The van der Waals surface area contributed by atoms with Gasteiger partial charge in [0.1, 0.15) is 12.1 Å². The van der Waals surface area contributed by atoms with Crippen molar-refractivity contribution >= 4 is 23.2 Å². The molecule has 1 aromatic rings. The molecule has 1 N–H and O–H groups in total. The number of carbonyl (C=O) groups is 2. The van der Waals surface area contributed by atoms with Crippen LogP contribution in [-0.2, 0) is 16.1 Å². The van der Waals surface area contributed by atoms with Crippen molar-refractivity contribution in [1.29, 1.82) is 0 Å². The lowest BCUT2D eigenvalue weighted by atomic mass is 10.0. The van der Waals surface area contributed by atoms with E-state index in [2.05, 4.69) is 5.32 Å².